The van der Waals surface area contributed by atoms with Gasteiger partial charge in [0.2, 0.25) is 0 Å². The molecule has 2 aromatic carbocycles. The normalized spacial score (nSPS) is 10.3. The van der Waals surface area contributed by atoms with Gasteiger partial charge in [0.1, 0.15) is 5.82 Å². The molecule has 1 N–H and O–H groups in total. The van der Waals surface area contributed by atoms with Crippen molar-refractivity contribution >= 4 is 28.9 Å². The van der Waals surface area contributed by atoms with Gasteiger partial charge in [0.05, 0.1) is 0 Å². The summed E-state index contributed by atoms with van der Waals surface area (Å²) in [6, 6.07) is 11.5. The highest BCUT2D eigenvalue weighted by atomic mass is 35.5. The van der Waals surface area contributed by atoms with Gasteiger partial charge in [-0.3, -0.25) is 0 Å². The van der Waals surface area contributed by atoms with Crippen LogP contribution in [0.4, 0.5) is 10.1 Å². The van der Waals surface area contributed by atoms with E-state index >= 15 is 0 Å². The summed E-state index contributed by atoms with van der Waals surface area (Å²) in [7, 11) is 0. The number of rotatable bonds is 3. The summed E-state index contributed by atoms with van der Waals surface area (Å²) in [5.74, 6) is -0.249. The first-order valence-corrected chi connectivity index (χ1v) is 5.83. The van der Waals surface area contributed by atoms with Crippen LogP contribution in [0.3, 0.4) is 0 Å². The Kier molecular flexibility index (Phi) is 3.87. The zero-order chi connectivity index (χ0) is 12.3. The quantitative estimate of drug-likeness (QED) is 0.849. The molecule has 0 saturated heterocycles. The van der Waals surface area contributed by atoms with Crippen LogP contribution in [-0.4, -0.2) is 0 Å². The fourth-order valence-electron chi connectivity index (χ4n) is 1.48. The van der Waals surface area contributed by atoms with E-state index < -0.39 is 0 Å². The van der Waals surface area contributed by atoms with Crippen LogP contribution in [0.5, 0.6) is 0 Å². The molecule has 4 heteroatoms. The van der Waals surface area contributed by atoms with E-state index in [2.05, 4.69) is 5.32 Å². The molecule has 0 aliphatic heterocycles. The lowest BCUT2D eigenvalue weighted by Crippen LogP contribution is -1.99. The molecule has 0 radical (unpaired) electrons. The molecule has 17 heavy (non-hydrogen) atoms. The molecule has 0 aromatic heterocycles. The average molecular weight is 270 g/mol. The van der Waals surface area contributed by atoms with Crippen molar-refractivity contribution in [1.29, 1.82) is 0 Å². The van der Waals surface area contributed by atoms with Crippen LogP contribution in [0.15, 0.2) is 42.5 Å². The van der Waals surface area contributed by atoms with Gasteiger partial charge in [0.15, 0.2) is 0 Å². The van der Waals surface area contributed by atoms with E-state index in [-0.39, 0.29) is 5.82 Å². The first-order chi connectivity index (χ1) is 8.13. The molecule has 0 atom stereocenters. The summed E-state index contributed by atoms with van der Waals surface area (Å²) in [4.78, 5) is 0. The second-order valence-electron chi connectivity index (χ2n) is 3.64. The Labute approximate surface area is 109 Å². The lowest BCUT2D eigenvalue weighted by atomic mass is 10.2. The Bertz CT molecular complexity index is 491. The van der Waals surface area contributed by atoms with Gasteiger partial charge in [-0.2, -0.15) is 0 Å². The summed E-state index contributed by atoms with van der Waals surface area (Å²) < 4.78 is 12.7. The van der Waals surface area contributed by atoms with Gasteiger partial charge in [-0.1, -0.05) is 23.2 Å². The van der Waals surface area contributed by atoms with E-state index in [4.69, 9.17) is 23.2 Å². The number of nitrogens with one attached hydrogen (secondary N) is 1. The molecule has 0 aliphatic carbocycles. The van der Waals surface area contributed by atoms with Gasteiger partial charge >= 0.3 is 0 Å². The first-order valence-electron chi connectivity index (χ1n) is 5.08. The van der Waals surface area contributed by atoms with Crippen molar-refractivity contribution in [2.45, 2.75) is 6.54 Å². The van der Waals surface area contributed by atoms with Crippen molar-refractivity contribution in [3.05, 3.63) is 63.9 Å². The zero-order valence-corrected chi connectivity index (χ0v) is 10.4. The standard InChI is InChI=1S/C13H10Cl2FN/c14-10-5-9(6-11(15)7-10)8-17-13-3-1-12(16)2-4-13/h1-7,17H,8H2. The molecule has 0 aliphatic rings. The van der Waals surface area contributed by atoms with E-state index in [0.717, 1.165) is 11.3 Å². The summed E-state index contributed by atoms with van der Waals surface area (Å²) in [6.07, 6.45) is 0. The van der Waals surface area contributed by atoms with Gasteiger partial charge in [0, 0.05) is 22.3 Å². The highest BCUT2D eigenvalue weighted by molar-refractivity contribution is 6.34. The summed E-state index contributed by atoms with van der Waals surface area (Å²) in [6.45, 7) is 0.589. The molecule has 0 amide bonds. The number of anilines is 1. The molecule has 0 fully saturated rings. The molecule has 88 valence electrons. The second kappa shape index (κ2) is 5.39. The largest absolute Gasteiger partial charge is 0.381 e. The number of halogens is 3. The monoisotopic (exact) mass is 269 g/mol. The van der Waals surface area contributed by atoms with Crippen molar-refractivity contribution < 1.29 is 4.39 Å². The first kappa shape index (κ1) is 12.2. The van der Waals surface area contributed by atoms with E-state index in [1.165, 1.54) is 12.1 Å². The van der Waals surface area contributed by atoms with Crippen LogP contribution < -0.4 is 5.32 Å². The molecular formula is C13H10Cl2FN. The average Bonchev–Trinajstić information content (AvgIpc) is 2.27. The maximum atomic E-state index is 12.7. The SMILES string of the molecule is Fc1ccc(NCc2cc(Cl)cc(Cl)c2)cc1. The Morgan fingerprint density at radius 3 is 2.12 bits per heavy atom. The van der Waals surface area contributed by atoms with Crippen molar-refractivity contribution in [3.63, 3.8) is 0 Å². The van der Waals surface area contributed by atoms with Crippen LogP contribution in [0.2, 0.25) is 10.0 Å². The molecule has 0 bridgehead atoms. The minimum Gasteiger partial charge on any atom is -0.381 e. The maximum Gasteiger partial charge on any atom is 0.123 e. The van der Waals surface area contributed by atoms with Crippen LogP contribution >= 0.6 is 23.2 Å². The van der Waals surface area contributed by atoms with E-state index in [1.54, 1.807) is 18.2 Å². The van der Waals surface area contributed by atoms with Gasteiger partial charge in [0.25, 0.3) is 0 Å². The van der Waals surface area contributed by atoms with E-state index in [0.29, 0.717) is 16.6 Å². The lowest BCUT2D eigenvalue weighted by Gasteiger charge is -2.07. The summed E-state index contributed by atoms with van der Waals surface area (Å²) in [5.41, 5.74) is 1.83. The third-order valence-electron chi connectivity index (χ3n) is 2.26. The van der Waals surface area contributed by atoms with E-state index in [1.807, 2.05) is 12.1 Å². The molecule has 0 saturated carbocycles. The van der Waals surface area contributed by atoms with Crippen molar-refractivity contribution in [3.8, 4) is 0 Å². The Balaban J connectivity index is 2.04. The fraction of sp³-hybridized carbons (Fsp3) is 0.0769. The van der Waals surface area contributed by atoms with Crippen molar-refractivity contribution in [2.75, 3.05) is 5.32 Å². The second-order valence-corrected chi connectivity index (χ2v) is 4.51. The smallest absolute Gasteiger partial charge is 0.123 e. The Morgan fingerprint density at radius 1 is 0.941 bits per heavy atom. The van der Waals surface area contributed by atoms with Crippen LogP contribution in [0, 0.1) is 5.82 Å². The summed E-state index contributed by atoms with van der Waals surface area (Å²) >= 11 is 11.8. The van der Waals surface area contributed by atoms with Gasteiger partial charge < -0.3 is 5.32 Å². The molecule has 2 rings (SSSR count). The molecular weight excluding hydrogens is 260 g/mol. The van der Waals surface area contributed by atoms with Gasteiger partial charge in [-0.25, -0.2) is 4.39 Å². The van der Waals surface area contributed by atoms with Crippen LogP contribution in [0.25, 0.3) is 0 Å². The third-order valence-corrected chi connectivity index (χ3v) is 2.70. The molecule has 0 heterocycles. The van der Waals surface area contributed by atoms with E-state index in [9.17, 15) is 4.39 Å². The Morgan fingerprint density at radius 2 is 1.53 bits per heavy atom. The van der Waals surface area contributed by atoms with Gasteiger partial charge in [-0.05, 0) is 48.0 Å². The minimum absolute atomic E-state index is 0.249. The number of hydrogen-bond acceptors (Lipinski definition) is 1. The molecule has 2 aromatic rings. The fourth-order valence-corrected chi connectivity index (χ4v) is 2.06. The lowest BCUT2D eigenvalue weighted by molar-refractivity contribution is 0.628. The van der Waals surface area contributed by atoms with Crippen molar-refractivity contribution in [1.82, 2.24) is 0 Å². The minimum atomic E-state index is -0.249. The molecule has 1 nitrogen and oxygen atoms in total. The van der Waals surface area contributed by atoms with Gasteiger partial charge in [-0.15, -0.1) is 0 Å². The number of benzene rings is 2. The van der Waals surface area contributed by atoms with Crippen LogP contribution in [0.1, 0.15) is 5.56 Å². The Hall–Kier alpha value is -1.25. The summed E-state index contributed by atoms with van der Waals surface area (Å²) in [5, 5.41) is 4.37. The topological polar surface area (TPSA) is 12.0 Å². The predicted molar refractivity (Wildman–Crippen MR) is 70.2 cm³/mol. The molecule has 0 spiro atoms. The van der Waals surface area contributed by atoms with Crippen LogP contribution in [-0.2, 0) is 6.54 Å². The molecule has 0 unspecified atom stereocenters. The maximum absolute atomic E-state index is 12.7. The number of hydrogen-bond donors (Lipinski definition) is 1. The highest BCUT2D eigenvalue weighted by Crippen LogP contribution is 2.20. The third kappa shape index (κ3) is 3.62. The highest BCUT2D eigenvalue weighted by Gasteiger charge is 1.99. The predicted octanol–water partition coefficient (Wildman–Crippen LogP) is 4.74. The van der Waals surface area contributed by atoms with Crippen molar-refractivity contribution in [2.24, 2.45) is 0 Å². The zero-order valence-electron chi connectivity index (χ0n) is 8.88.